The van der Waals surface area contributed by atoms with Gasteiger partial charge < -0.3 is 0 Å². The van der Waals surface area contributed by atoms with Gasteiger partial charge in [0.2, 0.25) is 0 Å². The van der Waals surface area contributed by atoms with Crippen LogP contribution in [-0.2, 0) is 19.5 Å². The van der Waals surface area contributed by atoms with E-state index in [4.69, 9.17) is 5.26 Å². The van der Waals surface area contributed by atoms with Gasteiger partial charge in [-0.05, 0) is 85.3 Å². The zero-order valence-corrected chi connectivity index (χ0v) is 30.6. The van der Waals surface area contributed by atoms with Crippen molar-refractivity contribution in [2.75, 3.05) is 0 Å². The minimum Gasteiger partial charge on any atom is -0.255 e. The SMILES string of the molecule is Cc1ccnc(-c2cc(C#N)ccn2)c1.F[P-](F)(F)(F)(F)F.F[P-](F)(F)(F)(F)F.[Ru+2].c1ccc(-c2ccccn2)nc1.c1ccc(-c2ccccn2)nc1. The molecule has 0 amide bonds. The zero-order chi connectivity index (χ0) is 39.9. The van der Waals surface area contributed by atoms with Crippen LogP contribution < -0.4 is 0 Å². The summed E-state index contributed by atoms with van der Waals surface area (Å²) in [6, 6.07) is 32.6. The van der Waals surface area contributed by atoms with Crippen molar-refractivity contribution in [2.24, 2.45) is 0 Å². The Hall–Kier alpha value is -4.97. The summed E-state index contributed by atoms with van der Waals surface area (Å²) in [7, 11) is -21.3. The van der Waals surface area contributed by atoms with Crippen LogP contribution in [0.1, 0.15) is 11.1 Å². The summed E-state index contributed by atoms with van der Waals surface area (Å²) >= 11 is 0. The number of nitriles is 1. The maximum atomic E-state index is 9.87. The van der Waals surface area contributed by atoms with Crippen LogP contribution in [0.5, 0.6) is 0 Å². The standard InChI is InChI=1S/C12H9N3.2C10H8N2.2F6P.Ru/c1-9-2-4-14-11(6-9)12-7-10(8-13)3-5-15-12;2*1-3-7-11-9(5-1)10-6-2-4-8-12-10;2*1-7(2,3,4,5)6;/h2-7H,1H3;2*1-8H;;;/q;;;2*-1;+2. The zero-order valence-electron chi connectivity index (χ0n) is 27.1. The van der Waals surface area contributed by atoms with Crippen LogP contribution in [0.15, 0.2) is 134 Å². The van der Waals surface area contributed by atoms with Crippen molar-refractivity contribution in [3.8, 4) is 40.2 Å². The number of hydrogen-bond donors (Lipinski definition) is 0. The summed E-state index contributed by atoms with van der Waals surface area (Å²) in [5, 5.41) is 8.77. The van der Waals surface area contributed by atoms with Crippen molar-refractivity contribution in [2.45, 2.75) is 6.92 Å². The van der Waals surface area contributed by atoms with Crippen molar-refractivity contribution in [1.29, 1.82) is 5.26 Å². The molecule has 7 nitrogen and oxygen atoms in total. The molecule has 0 saturated carbocycles. The Balaban J connectivity index is 0.000000347. The quantitative estimate of drug-likeness (QED) is 0.0990. The van der Waals surface area contributed by atoms with Crippen LogP contribution in [0.3, 0.4) is 0 Å². The third-order valence-corrected chi connectivity index (χ3v) is 5.25. The van der Waals surface area contributed by atoms with E-state index in [1.54, 1.807) is 49.3 Å². The topological polar surface area (TPSA) is 101 Å². The molecule has 0 aromatic carbocycles. The monoisotopic (exact) mass is 899 g/mol. The molecule has 0 fully saturated rings. The second kappa shape index (κ2) is 17.4. The van der Waals surface area contributed by atoms with Gasteiger partial charge in [-0.15, -0.1) is 0 Å². The number of aromatic nitrogens is 6. The number of hydrogen-bond acceptors (Lipinski definition) is 7. The molecular weight excluding hydrogens is 873 g/mol. The Morgan fingerprint density at radius 3 is 0.944 bits per heavy atom. The molecule has 0 radical (unpaired) electrons. The largest absolute Gasteiger partial charge is 2.00 e. The van der Waals surface area contributed by atoms with Crippen molar-refractivity contribution >= 4 is 15.6 Å². The van der Waals surface area contributed by atoms with E-state index >= 15 is 0 Å². The number of nitrogens with zero attached hydrogens (tertiary/aromatic N) is 7. The predicted octanol–water partition coefficient (Wildman–Crippen LogP) is 13.4. The molecule has 54 heavy (non-hydrogen) atoms. The van der Waals surface area contributed by atoms with Crippen LogP contribution in [0.25, 0.3) is 34.2 Å². The molecule has 0 aliphatic heterocycles. The number of halogens is 12. The Morgan fingerprint density at radius 1 is 0.407 bits per heavy atom. The van der Waals surface area contributed by atoms with E-state index in [0.29, 0.717) is 5.56 Å². The van der Waals surface area contributed by atoms with Crippen molar-refractivity contribution in [3.05, 3.63) is 145 Å². The Labute approximate surface area is 312 Å². The number of rotatable bonds is 3. The maximum absolute atomic E-state index is 10.7. The molecule has 0 saturated heterocycles. The normalized spacial score (nSPS) is 13.0. The molecule has 0 N–H and O–H groups in total. The fourth-order valence-corrected chi connectivity index (χ4v) is 3.37. The molecule has 0 bridgehead atoms. The molecule has 22 heteroatoms. The van der Waals surface area contributed by atoms with E-state index in [0.717, 1.165) is 39.7 Å². The van der Waals surface area contributed by atoms with Crippen LogP contribution in [0.4, 0.5) is 50.4 Å². The Morgan fingerprint density at radius 2 is 0.685 bits per heavy atom. The van der Waals surface area contributed by atoms with E-state index in [-0.39, 0.29) is 19.5 Å². The van der Waals surface area contributed by atoms with Gasteiger partial charge in [-0.1, -0.05) is 24.3 Å². The summed E-state index contributed by atoms with van der Waals surface area (Å²) in [5.74, 6) is 0. The fourth-order valence-electron chi connectivity index (χ4n) is 3.37. The molecule has 0 aliphatic carbocycles. The van der Waals surface area contributed by atoms with Crippen LogP contribution >= 0.6 is 15.6 Å². The van der Waals surface area contributed by atoms with Gasteiger partial charge in [-0.2, -0.15) is 5.26 Å². The third-order valence-electron chi connectivity index (χ3n) is 5.25. The molecule has 0 spiro atoms. The van der Waals surface area contributed by atoms with E-state index in [1.165, 1.54) is 0 Å². The second-order valence-electron chi connectivity index (χ2n) is 10.0. The summed E-state index contributed by atoms with van der Waals surface area (Å²) in [5.41, 5.74) is 6.92. The molecule has 6 aromatic heterocycles. The minimum atomic E-state index is -10.7. The van der Waals surface area contributed by atoms with Crippen molar-refractivity contribution < 1.29 is 69.8 Å². The first-order valence-electron chi connectivity index (χ1n) is 14.2. The summed E-state index contributed by atoms with van der Waals surface area (Å²) in [6.45, 7) is 2.00. The fraction of sp³-hybridized carbons (Fsp3) is 0.0312. The van der Waals surface area contributed by atoms with Gasteiger partial charge in [0.05, 0.1) is 45.8 Å². The van der Waals surface area contributed by atoms with Crippen LogP contribution in [0.2, 0.25) is 0 Å². The van der Waals surface area contributed by atoms with Gasteiger partial charge in [-0.3, -0.25) is 29.9 Å². The van der Waals surface area contributed by atoms with Gasteiger partial charge in [0.25, 0.3) is 0 Å². The summed E-state index contributed by atoms with van der Waals surface area (Å²) in [4.78, 5) is 25.1. The minimum absolute atomic E-state index is 0. The van der Waals surface area contributed by atoms with E-state index in [2.05, 4.69) is 36.0 Å². The van der Waals surface area contributed by atoms with Gasteiger partial charge in [0, 0.05) is 37.2 Å². The van der Waals surface area contributed by atoms with E-state index in [1.807, 2.05) is 91.9 Å². The maximum Gasteiger partial charge on any atom is 2.00 e. The van der Waals surface area contributed by atoms with Gasteiger partial charge in [0.1, 0.15) is 0 Å². The third kappa shape index (κ3) is 26.8. The van der Waals surface area contributed by atoms with E-state index < -0.39 is 15.6 Å². The Bertz CT molecular complexity index is 1880. The molecule has 0 unspecified atom stereocenters. The molecule has 6 heterocycles. The summed E-state index contributed by atoms with van der Waals surface area (Å²) in [6.07, 6.45) is 10.4. The first-order chi connectivity index (χ1) is 24.1. The molecule has 290 valence electrons. The van der Waals surface area contributed by atoms with Gasteiger partial charge >= 0.3 is 85.5 Å². The summed E-state index contributed by atoms with van der Waals surface area (Å²) < 4.78 is 118. The number of pyridine rings is 6. The number of aryl methyl sites for hydroxylation is 1. The van der Waals surface area contributed by atoms with Gasteiger partial charge in [-0.25, -0.2) is 0 Å². The molecular formula is C32H25F12N7P2Ru. The van der Waals surface area contributed by atoms with Gasteiger partial charge in [0.15, 0.2) is 0 Å². The first-order valence-corrected chi connectivity index (χ1v) is 18.3. The average molecular weight is 899 g/mol. The Kier molecular flexibility index (Phi) is 15.2. The molecule has 6 rings (SSSR count). The average Bonchev–Trinajstić information content (AvgIpc) is 3.08. The predicted molar refractivity (Wildman–Crippen MR) is 179 cm³/mol. The molecule has 0 atom stereocenters. The second-order valence-corrected chi connectivity index (χ2v) is 13.9. The molecule has 0 aliphatic rings. The molecule has 6 aromatic rings. The van der Waals surface area contributed by atoms with Crippen molar-refractivity contribution in [1.82, 2.24) is 29.9 Å². The van der Waals surface area contributed by atoms with E-state index in [9.17, 15) is 50.4 Å². The van der Waals surface area contributed by atoms with Crippen LogP contribution in [0, 0.1) is 18.3 Å². The smallest absolute Gasteiger partial charge is 0.255 e. The van der Waals surface area contributed by atoms with Crippen LogP contribution in [-0.4, -0.2) is 29.9 Å². The first kappa shape index (κ1) is 47.1. The van der Waals surface area contributed by atoms with Crippen molar-refractivity contribution in [3.63, 3.8) is 0 Å².